The number of anilines is 1. The lowest BCUT2D eigenvalue weighted by Crippen LogP contribution is -2.18. The zero-order valence-electron chi connectivity index (χ0n) is 13.5. The van der Waals surface area contributed by atoms with Gasteiger partial charge in [0.15, 0.2) is 0 Å². The summed E-state index contributed by atoms with van der Waals surface area (Å²) in [4.78, 5) is 12.2. The van der Waals surface area contributed by atoms with Crippen molar-refractivity contribution in [3.63, 3.8) is 0 Å². The molecular weight excluding hydrogens is 348 g/mol. The highest BCUT2D eigenvalue weighted by molar-refractivity contribution is 7.89. The van der Waals surface area contributed by atoms with Crippen LogP contribution >= 0.6 is 11.6 Å². The number of amides is 1. The molecule has 0 aliphatic heterocycles. The van der Waals surface area contributed by atoms with Crippen molar-refractivity contribution < 1.29 is 13.2 Å². The van der Waals surface area contributed by atoms with Crippen molar-refractivity contribution in [1.82, 2.24) is 4.72 Å². The summed E-state index contributed by atoms with van der Waals surface area (Å²) >= 11 is 6.03. The average molecular weight is 367 g/mol. The quantitative estimate of drug-likeness (QED) is 0.824. The minimum atomic E-state index is -3.44. The second-order valence-electron chi connectivity index (χ2n) is 5.36. The Bertz CT molecular complexity index is 833. The maximum absolute atomic E-state index is 12.0. The zero-order valence-corrected chi connectivity index (χ0v) is 15.0. The molecule has 0 atom stereocenters. The Morgan fingerprint density at radius 3 is 2.38 bits per heavy atom. The first-order chi connectivity index (χ1) is 11.3. The predicted molar refractivity (Wildman–Crippen MR) is 95.8 cm³/mol. The molecule has 24 heavy (non-hydrogen) atoms. The van der Waals surface area contributed by atoms with E-state index in [9.17, 15) is 13.2 Å². The van der Waals surface area contributed by atoms with E-state index >= 15 is 0 Å². The van der Waals surface area contributed by atoms with E-state index in [0.717, 1.165) is 11.1 Å². The van der Waals surface area contributed by atoms with Crippen molar-refractivity contribution in [3.05, 3.63) is 58.6 Å². The van der Waals surface area contributed by atoms with Crippen LogP contribution in [0.2, 0.25) is 5.02 Å². The SMILES string of the molecule is CNS(=O)(=O)c1ccc(CCC(=O)Nc2ccc(C)c(Cl)c2)cc1. The third-order valence-electron chi connectivity index (χ3n) is 3.60. The van der Waals surface area contributed by atoms with Crippen molar-refractivity contribution in [3.8, 4) is 0 Å². The Kier molecular flexibility index (Phi) is 5.99. The van der Waals surface area contributed by atoms with Gasteiger partial charge in [-0.1, -0.05) is 29.8 Å². The van der Waals surface area contributed by atoms with Crippen molar-refractivity contribution in [1.29, 1.82) is 0 Å². The molecule has 1 amide bonds. The number of aryl methyl sites for hydroxylation is 2. The van der Waals surface area contributed by atoms with Gasteiger partial charge >= 0.3 is 0 Å². The van der Waals surface area contributed by atoms with Crippen LogP contribution in [0.1, 0.15) is 17.5 Å². The maximum atomic E-state index is 12.0. The van der Waals surface area contributed by atoms with Crippen molar-refractivity contribution >= 4 is 33.2 Å². The standard InChI is InChI=1S/C17H19ClN2O3S/c1-12-3-7-14(11-16(12)18)20-17(21)10-6-13-4-8-15(9-5-13)24(22,23)19-2/h3-5,7-9,11,19H,6,10H2,1-2H3,(H,20,21). The molecule has 0 radical (unpaired) electrons. The molecule has 2 rings (SSSR count). The van der Waals surface area contributed by atoms with Gasteiger partial charge in [0, 0.05) is 17.1 Å². The van der Waals surface area contributed by atoms with E-state index in [4.69, 9.17) is 11.6 Å². The Hall–Kier alpha value is -1.89. The van der Waals surface area contributed by atoms with E-state index in [1.807, 2.05) is 13.0 Å². The molecule has 0 unspecified atom stereocenters. The van der Waals surface area contributed by atoms with Crippen LogP contribution in [0.5, 0.6) is 0 Å². The number of rotatable bonds is 6. The molecule has 0 spiro atoms. The fourth-order valence-corrected chi connectivity index (χ4v) is 3.02. The summed E-state index contributed by atoms with van der Waals surface area (Å²) in [6, 6.07) is 11.8. The molecule has 2 aromatic rings. The fraction of sp³-hybridized carbons (Fsp3) is 0.235. The molecule has 0 aliphatic rings. The Morgan fingerprint density at radius 1 is 1.12 bits per heavy atom. The van der Waals surface area contributed by atoms with Crippen LogP contribution in [0.25, 0.3) is 0 Å². The summed E-state index contributed by atoms with van der Waals surface area (Å²) in [6.45, 7) is 1.89. The smallest absolute Gasteiger partial charge is 0.240 e. The molecule has 0 bridgehead atoms. The molecule has 0 aliphatic carbocycles. The number of nitrogens with one attached hydrogen (secondary N) is 2. The van der Waals surface area contributed by atoms with E-state index in [1.165, 1.54) is 19.2 Å². The van der Waals surface area contributed by atoms with Crippen LogP contribution in [0.4, 0.5) is 5.69 Å². The van der Waals surface area contributed by atoms with Crippen LogP contribution < -0.4 is 10.0 Å². The number of hydrogen-bond acceptors (Lipinski definition) is 3. The van der Waals surface area contributed by atoms with Gasteiger partial charge in [-0.05, 0) is 55.8 Å². The summed E-state index contributed by atoms with van der Waals surface area (Å²) in [5, 5.41) is 3.40. The first kappa shape index (κ1) is 18.4. The molecule has 0 heterocycles. The Balaban J connectivity index is 1.93. The maximum Gasteiger partial charge on any atom is 0.240 e. The van der Waals surface area contributed by atoms with Crippen molar-refractivity contribution in [2.75, 3.05) is 12.4 Å². The van der Waals surface area contributed by atoms with Gasteiger partial charge in [0.25, 0.3) is 0 Å². The lowest BCUT2D eigenvalue weighted by Gasteiger charge is -2.08. The molecule has 5 nitrogen and oxygen atoms in total. The van der Waals surface area contributed by atoms with Crippen LogP contribution in [0, 0.1) is 6.92 Å². The molecule has 0 saturated heterocycles. The summed E-state index contributed by atoms with van der Waals surface area (Å²) in [5.41, 5.74) is 2.50. The Morgan fingerprint density at radius 2 is 1.79 bits per heavy atom. The highest BCUT2D eigenvalue weighted by Crippen LogP contribution is 2.20. The lowest BCUT2D eigenvalue weighted by atomic mass is 10.1. The second-order valence-corrected chi connectivity index (χ2v) is 7.66. The minimum Gasteiger partial charge on any atom is -0.326 e. The van der Waals surface area contributed by atoms with Crippen LogP contribution in [-0.2, 0) is 21.2 Å². The topological polar surface area (TPSA) is 75.3 Å². The van der Waals surface area contributed by atoms with Crippen LogP contribution in [0.3, 0.4) is 0 Å². The number of hydrogen-bond donors (Lipinski definition) is 2. The minimum absolute atomic E-state index is 0.123. The third-order valence-corrected chi connectivity index (χ3v) is 5.44. The van der Waals surface area contributed by atoms with Gasteiger partial charge in [0.1, 0.15) is 0 Å². The number of halogens is 1. The van der Waals surface area contributed by atoms with Gasteiger partial charge in [-0.25, -0.2) is 13.1 Å². The molecule has 0 fully saturated rings. The zero-order chi connectivity index (χ0) is 17.7. The number of benzene rings is 2. The largest absolute Gasteiger partial charge is 0.326 e. The lowest BCUT2D eigenvalue weighted by molar-refractivity contribution is -0.116. The first-order valence-corrected chi connectivity index (χ1v) is 9.26. The molecule has 128 valence electrons. The average Bonchev–Trinajstić information content (AvgIpc) is 2.57. The summed E-state index contributed by atoms with van der Waals surface area (Å²) in [5.74, 6) is -0.123. The first-order valence-electron chi connectivity index (χ1n) is 7.40. The van der Waals surface area contributed by atoms with Crippen LogP contribution in [-0.4, -0.2) is 21.4 Å². The Labute approximate surface area is 147 Å². The van der Waals surface area contributed by atoms with Gasteiger partial charge < -0.3 is 5.32 Å². The van der Waals surface area contributed by atoms with Crippen LogP contribution in [0.15, 0.2) is 47.4 Å². The van der Waals surface area contributed by atoms with E-state index < -0.39 is 10.0 Å². The highest BCUT2D eigenvalue weighted by Gasteiger charge is 2.11. The molecule has 2 N–H and O–H groups in total. The van der Waals surface area contributed by atoms with E-state index in [-0.39, 0.29) is 10.8 Å². The summed E-state index contributed by atoms with van der Waals surface area (Å²) in [7, 11) is -2.07. The summed E-state index contributed by atoms with van der Waals surface area (Å²) in [6.07, 6.45) is 0.814. The number of sulfonamides is 1. The number of carbonyl (C=O) groups excluding carboxylic acids is 1. The van der Waals surface area contributed by atoms with Crippen molar-refractivity contribution in [2.24, 2.45) is 0 Å². The van der Waals surface area contributed by atoms with Gasteiger partial charge in [0.2, 0.25) is 15.9 Å². The van der Waals surface area contributed by atoms with Gasteiger partial charge in [-0.15, -0.1) is 0 Å². The van der Waals surface area contributed by atoms with E-state index in [2.05, 4.69) is 10.0 Å². The second kappa shape index (κ2) is 7.79. The van der Waals surface area contributed by atoms with Crippen molar-refractivity contribution in [2.45, 2.75) is 24.7 Å². The molecule has 0 saturated carbocycles. The van der Waals surface area contributed by atoms with Gasteiger partial charge in [-0.2, -0.15) is 0 Å². The molecule has 7 heteroatoms. The number of carbonyl (C=O) groups is 1. The third kappa shape index (κ3) is 4.80. The molecule has 2 aromatic carbocycles. The summed E-state index contributed by atoms with van der Waals surface area (Å²) < 4.78 is 25.6. The fourth-order valence-electron chi connectivity index (χ4n) is 2.11. The predicted octanol–water partition coefficient (Wildman–Crippen LogP) is 3.13. The van der Waals surface area contributed by atoms with E-state index in [1.54, 1.807) is 24.3 Å². The molecule has 0 aromatic heterocycles. The monoisotopic (exact) mass is 366 g/mol. The highest BCUT2D eigenvalue weighted by atomic mass is 35.5. The van der Waals surface area contributed by atoms with Gasteiger partial charge in [0.05, 0.1) is 4.90 Å². The van der Waals surface area contributed by atoms with E-state index in [0.29, 0.717) is 23.6 Å². The van der Waals surface area contributed by atoms with Gasteiger partial charge in [-0.3, -0.25) is 4.79 Å². The normalized spacial score (nSPS) is 11.3. The molecular formula is C17H19ClN2O3S.